The van der Waals surface area contributed by atoms with Gasteiger partial charge in [0.05, 0.1) is 5.69 Å². The first-order valence-electron chi connectivity index (χ1n) is 5.74. The van der Waals surface area contributed by atoms with Crippen molar-refractivity contribution in [1.82, 2.24) is 14.7 Å². The number of hydrogen-bond donors (Lipinski definition) is 1. The molecule has 0 bridgehead atoms. The number of nitrogens with one attached hydrogen (secondary N) is 1. The molecule has 1 aromatic rings. The predicted molar refractivity (Wildman–Crippen MR) is 59.9 cm³/mol. The lowest BCUT2D eigenvalue weighted by Gasteiger charge is -2.22. The molecule has 82 valence electrons. The topological polar surface area (TPSA) is 33.1 Å². The van der Waals surface area contributed by atoms with E-state index in [1.54, 1.807) is 0 Å². The lowest BCUT2D eigenvalue weighted by molar-refractivity contribution is 0.312. The third kappa shape index (κ3) is 1.63. The number of likely N-dealkylation sites (N-methyl/N-ethyl adjacent to an activating group) is 1. The highest BCUT2D eigenvalue weighted by molar-refractivity contribution is 5.50. The summed E-state index contributed by atoms with van der Waals surface area (Å²) in [6, 6.07) is 0.705. The summed E-state index contributed by atoms with van der Waals surface area (Å²) in [6.45, 7) is 2.17. The van der Waals surface area contributed by atoms with Crippen molar-refractivity contribution >= 4 is 5.82 Å². The third-order valence-electron chi connectivity index (χ3n) is 3.31. The van der Waals surface area contributed by atoms with Gasteiger partial charge in [0.1, 0.15) is 5.82 Å². The molecule has 0 spiro atoms. The Kier molecular flexibility index (Phi) is 1.99. The van der Waals surface area contributed by atoms with Gasteiger partial charge in [-0.3, -0.25) is 4.68 Å². The Morgan fingerprint density at radius 2 is 2.13 bits per heavy atom. The van der Waals surface area contributed by atoms with Crippen LogP contribution < -0.4 is 5.32 Å². The fraction of sp³-hybridized carbons (Fsp3) is 0.727. The van der Waals surface area contributed by atoms with Crippen molar-refractivity contribution in [2.75, 3.05) is 18.9 Å². The number of aryl methyl sites for hydroxylation is 1. The summed E-state index contributed by atoms with van der Waals surface area (Å²) >= 11 is 0. The summed E-state index contributed by atoms with van der Waals surface area (Å²) in [5.74, 6) is 1.25. The molecule has 4 nitrogen and oxygen atoms in total. The molecule has 0 atom stereocenters. The Hall–Kier alpha value is -1.03. The molecule has 0 unspecified atom stereocenters. The second kappa shape index (κ2) is 3.23. The maximum absolute atomic E-state index is 4.59. The minimum atomic E-state index is 0.705. The zero-order valence-corrected chi connectivity index (χ0v) is 9.45. The number of fused-ring (bicyclic) bond motifs is 1. The first kappa shape index (κ1) is 9.21. The normalized spacial score (nSPS) is 21.5. The Morgan fingerprint density at radius 3 is 2.87 bits per heavy atom. The molecule has 1 saturated carbocycles. The minimum absolute atomic E-state index is 0.705. The summed E-state index contributed by atoms with van der Waals surface area (Å²) < 4.78 is 2.02. The van der Waals surface area contributed by atoms with Crippen molar-refractivity contribution in [3.8, 4) is 0 Å². The number of aromatic nitrogens is 2. The number of hydrogen-bond acceptors (Lipinski definition) is 3. The van der Waals surface area contributed by atoms with Gasteiger partial charge in [-0.1, -0.05) is 0 Å². The molecule has 2 aliphatic rings. The Morgan fingerprint density at radius 1 is 1.33 bits per heavy atom. The average Bonchev–Trinajstić information content (AvgIpc) is 2.96. The fourth-order valence-electron chi connectivity index (χ4n) is 2.24. The van der Waals surface area contributed by atoms with Gasteiger partial charge in [0.15, 0.2) is 0 Å². The van der Waals surface area contributed by atoms with Gasteiger partial charge in [-0.05, 0) is 19.9 Å². The van der Waals surface area contributed by atoms with Crippen molar-refractivity contribution in [3.63, 3.8) is 0 Å². The molecule has 0 amide bonds. The average molecular weight is 206 g/mol. The highest BCUT2D eigenvalue weighted by atomic mass is 15.3. The summed E-state index contributed by atoms with van der Waals surface area (Å²) in [5, 5.41) is 8.18. The van der Waals surface area contributed by atoms with Crippen molar-refractivity contribution in [2.45, 2.75) is 31.8 Å². The van der Waals surface area contributed by atoms with Crippen molar-refractivity contribution in [1.29, 1.82) is 0 Å². The van der Waals surface area contributed by atoms with Crippen LogP contribution in [0.1, 0.15) is 24.1 Å². The Labute approximate surface area is 90.3 Å². The third-order valence-corrected chi connectivity index (χ3v) is 3.31. The van der Waals surface area contributed by atoms with Crippen LogP contribution >= 0.6 is 0 Å². The number of rotatable bonds is 2. The van der Waals surface area contributed by atoms with E-state index in [9.17, 15) is 0 Å². The molecule has 0 aromatic carbocycles. The first-order valence-corrected chi connectivity index (χ1v) is 5.74. The second-order valence-electron chi connectivity index (χ2n) is 4.80. The van der Waals surface area contributed by atoms with Crippen LogP contribution in [0.2, 0.25) is 0 Å². The Balaban J connectivity index is 1.93. The van der Waals surface area contributed by atoms with Gasteiger partial charge in [-0.15, -0.1) is 0 Å². The maximum Gasteiger partial charge on any atom is 0.128 e. The molecule has 0 radical (unpaired) electrons. The lowest BCUT2D eigenvalue weighted by atomic mass is 10.1. The van der Waals surface area contributed by atoms with Gasteiger partial charge in [0.2, 0.25) is 0 Å². The van der Waals surface area contributed by atoms with E-state index < -0.39 is 0 Å². The maximum atomic E-state index is 4.59. The Bertz CT molecular complexity index is 378. The van der Waals surface area contributed by atoms with E-state index in [1.165, 1.54) is 29.9 Å². The van der Waals surface area contributed by atoms with Gasteiger partial charge >= 0.3 is 0 Å². The monoisotopic (exact) mass is 206 g/mol. The fourth-order valence-corrected chi connectivity index (χ4v) is 2.24. The van der Waals surface area contributed by atoms with E-state index in [1.807, 2.05) is 11.7 Å². The van der Waals surface area contributed by atoms with Crippen LogP contribution in [0.25, 0.3) is 0 Å². The van der Waals surface area contributed by atoms with E-state index in [4.69, 9.17) is 0 Å². The van der Waals surface area contributed by atoms with Gasteiger partial charge < -0.3 is 10.2 Å². The van der Waals surface area contributed by atoms with Crippen LogP contribution in [-0.2, 0) is 20.0 Å². The molecule has 1 aliphatic heterocycles. The largest absolute Gasteiger partial charge is 0.367 e. The lowest BCUT2D eigenvalue weighted by Crippen LogP contribution is -2.26. The summed E-state index contributed by atoms with van der Waals surface area (Å²) in [4.78, 5) is 2.36. The first-order chi connectivity index (χ1) is 7.24. The smallest absolute Gasteiger partial charge is 0.128 e. The SMILES string of the molecule is CN1CCc2nn(C)c(NC3CC3)c2C1. The van der Waals surface area contributed by atoms with Crippen LogP contribution in [0.5, 0.6) is 0 Å². The molecule has 2 heterocycles. The molecule has 1 aromatic heterocycles. The molecule has 4 heteroatoms. The van der Waals surface area contributed by atoms with Crippen LogP contribution in [0.15, 0.2) is 0 Å². The highest BCUT2D eigenvalue weighted by Crippen LogP contribution is 2.30. The van der Waals surface area contributed by atoms with Gasteiger partial charge in [-0.2, -0.15) is 5.10 Å². The van der Waals surface area contributed by atoms with Gasteiger partial charge in [0.25, 0.3) is 0 Å². The van der Waals surface area contributed by atoms with Gasteiger partial charge in [-0.25, -0.2) is 0 Å². The van der Waals surface area contributed by atoms with E-state index in [2.05, 4.69) is 22.4 Å². The second-order valence-corrected chi connectivity index (χ2v) is 4.80. The predicted octanol–water partition coefficient (Wildman–Crippen LogP) is 0.982. The minimum Gasteiger partial charge on any atom is -0.367 e. The number of anilines is 1. The van der Waals surface area contributed by atoms with Crippen LogP contribution in [-0.4, -0.2) is 34.3 Å². The van der Waals surface area contributed by atoms with Crippen LogP contribution in [0.4, 0.5) is 5.82 Å². The zero-order chi connectivity index (χ0) is 10.4. The molecule has 3 rings (SSSR count). The summed E-state index contributed by atoms with van der Waals surface area (Å²) in [5.41, 5.74) is 2.71. The molecule has 1 fully saturated rings. The van der Waals surface area contributed by atoms with Crippen molar-refractivity contribution in [2.24, 2.45) is 7.05 Å². The quantitative estimate of drug-likeness (QED) is 0.783. The molecule has 1 N–H and O–H groups in total. The van der Waals surface area contributed by atoms with Crippen LogP contribution in [0, 0.1) is 0 Å². The van der Waals surface area contributed by atoms with E-state index in [0.29, 0.717) is 6.04 Å². The molecule has 0 saturated heterocycles. The molecule has 15 heavy (non-hydrogen) atoms. The van der Waals surface area contributed by atoms with Crippen molar-refractivity contribution < 1.29 is 0 Å². The summed E-state index contributed by atoms with van der Waals surface area (Å²) in [7, 11) is 4.22. The molecular weight excluding hydrogens is 188 g/mol. The summed E-state index contributed by atoms with van der Waals surface area (Å²) in [6.07, 6.45) is 3.72. The molecular formula is C11H18N4. The van der Waals surface area contributed by atoms with Crippen LogP contribution in [0.3, 0.4) is 0 Å². The van der Waals surface area contributed by atoms with E-state index in [0.717, 1.165) is 19.5 Å². The van der Waals surface area contributed by atoms with E-state index in [-0.39, 0.29) is 0 Å². The number of nitrogens with zero attached hydrogens (tertiary/aromatic N) is 3. The standard InChI is InChI=1S/C11H18N4/c1-14-6-5-10-9(7-14)11(15(2)13-10)12-8-3-4-8/h8,12H,3-7H2,1-2H3. The van der Waals surface area contributed by atoms with E-state index >= 15 is 0 Å². The highest BCUT2D eigenvalue weighted by Gasteiger charge is 2.27. The molecule has 1 aliphatic carbocycles. The van der Waals surface area contributed by atoms with Crippen molar-refractivity contribution in [3.05, 3.63) is 11.3 Å². The zero-order valence-electron chi connectivity index (χ0n) is 9.45. The van der Waals surface area contributed by atoms with Gasteiger partial charge in [0, 0.05) is 38.2 Å².